The van der Waals surface area contributed by atoms with Crippen LogP contribution in [0.15, 0.2) is 22.7 Å². The zero-order valence-corrected chi connectivity index (χ0v) is 10.8. The molecule has 3 heteroatoms. The van der Waals surface area contributed by atoms with Crippen LogP contribution in [-0.4, -0.2) is 4.98 Å². The number of rotatable bonds is 1. The fourth-order valence-electron chi connectivity index (χ4n) is 2.13. The van der Waals surface area contributed by atoms with E-state index < -0.39 is 0 Å². The SMILES string of the molecule is Cc1[nH]c2cc(Br)ccc2c1C(C)(C)N. The first kappa shape index (κ1) is 10.7. The lowest BCUT2D eigenvalue weighted by Crippen LogP contribution is -2.29. The van der Waals surface area contributed by atoms with Gasteiger partial charge in [-0.15, -0.1) is 0 Å². The van der Waals surface area contributed by atoms with Gasteiger partial charge in [-0.1, -0.05) is 22.0 Å². The zero-order chi connectivity index (χ0) is 11.2. The van der Waals surface area contributed by atoms with Gasteiger partial charge in [0.1, 0.15) is 0 Å². The minimum atomic E-state index is -0.309. The van der Waals surface area contributed by atoms with Crippen LogP contribution in [0.2, 0.25) is 0 Å². The highest BCUT2D eigenvalue weighted by Gasteiger charge is 2.21. The van der Waals surface area contributed by atoms with Crippen LogP contribution < -0.4 is 5.73 Å². The van der Waals surface area contributed by atoms with Gasteiger partial charge in [-0.2, -0.15) is 0 Å². The summed E-state index contributed by atoms with van der Waals surface area (Å²) >= 11 is 3.47. The van der Waals surface area contributed by atoms with E-state index in [1.54, 1.807) is 0 Å². The number of H-pyrrole nitrogens is 1. The number of hydrogen-bond donors (Lipinski definition) is 2. The number of fused-ring (bicyclic) bond motifs is 1. The molecule has 0 aliphatic carbocycles. The van der Waals surface area contributed by atoms with Crippen LogP contribution in [0.25, 0.3) is 10.9 Å². The quantitative estimate of drug-likeness (QED) is 0.816. The normalized spacial score (nSPS) is 12.3. The highest BCUT2D eigenvalue weighted by Crippen LogP contribution is 2.31. The molecule has 0 radical (unpaired) electrons. The third-order valence-electron chi connectivity index (χ3n) is 2.59. The van der Waals surface area contributed by atoms with Crippen molar-refractivity contribution >= 4 is 26.8 Å². The number of aromatic nitrogens is 1. The number of hydrogen-bond acceptors (Lipinski definition) is 1. The van der Waals surface area contributed by atoms with Gasteiger partial charge < -0.3 is 10.7 Å². The van der Waals surface area contributed by atoms with Crippen LogP contribution in [0.3, 0.4) is 0 Å². The van der Waals surface area contributed by atoms with Gasteiger partial charge in [-0.25, -0.2) is 0 Å². The summed E-state index contributed by atoms with van der Waals surface area (Å²) in [6.45, 7) is 6.13. The molecule has 2 rings (SSSR count). The second-order valence-electron chi connectivity index (χ2n) is 4.54. The molecule has 15 heavy (non-hydrogen) atoms. The van der Waals surface area contributed by atoms with E-state index in [4.69, 9.17) is 5.73 Å². The first-order valence-electron chi connectivity index (χ1n) is 4.97. The third-order valence-corrected chi connectivity index (χ3v) is 3.09. The molecule has 0 aliphatic rings. The van der Waals surface area contributed by atoms with Crippen molar-refractivity contribution < 1.29 is 0 Å². The molecule has 0 aliphatic heterocycles. The summed E-state index contributed by atoms with van der Waals surface area (Å²) in [7, 11) is 0. The van der Waals surface area contributed by atoms with E-state index in [-0.39, 0.29) is 5.54 Å². The number of halogens is 1. The number of benzene rings is 1. The summed E-state index contributed by atoms with van der Waals surface area (Å²) in [5.74, 6) is 0. The van der Waals surface area contributed by atoms with Gasteiger partial charge in [0.05, 0.1) is 0 Å². The van der Waals surface area contributed by atoms with Crippen LogP contribution in [0.5, 0.6) is 0 Å². The van der Waals surface area contributed by atoms with Crippen molar-refractivity contribution in [3.05, 3.63) is 33.9 Å². The monoisotopic (exact) mass is 266 g/mol. The maximum absolute atomic E-state index is 6.17. The van der Waals surface area contributed by atoms with E-state index >= 15 is 0 Å². The van der Waals surface area contributed by atoms with Gasteiger partial charge in [-0.3, -0.25) is 0 Å². The van der Waals surface area contributed by atoms with Crippen molar-refractivity contribution in [2.45, 2.75) is 26.3 Å². The van der Waals surface area contributed by atoms with Crippen molar-refractivity contribution in [1.82, 2.24) is 4.98 Å². The molecular formula is C12H15BrN2. The van der Waals surface area contributed by atoms with Crippen molar-refractivity contribution in [3.63, 3.8) is 0 Å². The fraction of sp³-hybridized carbons (Fsp3) is 0.333. The predicted molar refractivity (Wildman–Crippen MR) is 67.9 cm³/mol. The zero-order valence-electron chi connectivity index (χ0n) is 9.19. The van der Waals surface area contributed by atoms with Gasteiger partial charge in [-0.05, 0) is 38.5 Å². The summed E-state index contributed by atoms with van der Waals surface area (Å²) < 4.78 is 1.08. The Bertz CT molecular complexity index is 506. The Morgan fingerprint density at radius 3 is 2.60 bits per heavy atom. The Morgan fingerprint density at radius 2 is 2.00 bits per heavy atom. The molecule has 2 nitrogen and oxygen atoms in total. The van der Waals surface area contributed by atoms with Crippen LogP contribution in [-0.2, 0) is 5.54 Å². The molecule has 0 atom stereocenters. The van der Waals surface area contributed by atoms with E-state index in [0.717, 1.165) is 15.7 Å². The molecule has 2 aromatic rings. The molecule has 80 valence electrons. The first-order chi connectivity index (χ1) is 6.89. The number of nitrogens with two attached hydrogens (primary N) is 1. The Morgan fingerprint density at radius 1 is 1.33 bits per heavy atom. The molecule has 1 aromatic heterocycles. The van der Waals surface area contributed by atoms with E-state index in [1.807, 2.05) is 19.9 Å². The lowest BCUT2D eigenvalue weighted by Gasteiger charge is -2.19. The molecule has 0 saturated heterocycles. The van der Waals surface area contributed by atoms with E-state index in [0.29, 0.717) is 0 Å². The third kappa shape index (κ3) is 1.82. The van der Waals surface area contributed by atoms with Crippen molar-refractivity contribution in [3.8, 4) is 0 Å². The molecule has 0 amide bonds. The number of aromatic amines is 1. The maximum atomic E-state index is 6.17. The first-order valence-corrected chi connectivity index (χ1v) is 5.76. The molecule has 3 N–H and O–H groups in total. The second-order valence-corrected chi connectivity index (χ2v) is 5.45. The molecule has 1 aromatic carbocycles. The minimum absolute atomic E-state index is 0.309. The maximum Gasteiger partial charge on any atom is 0.0470 e. The number of nitrogens with one attached hydrogen (secondary N) is 1. The molecule has 0 unspecified atom stereocenters. The van der Waals surface area contributed by atoms with Gasteiger partial charge in [0.25, 0.3) is 0 Å². The number of aryl methyl sites for hydroxylation is 1. The smallest absolute Gasteiger partial charge is 0.0470 e. The fourth-order valence-corrected chi connectivity index (χ4v) is 2.50. The topological polar surface area (TPSA) is 41.8 Å². The standard InChI is InChI=1S/C12H15BrN2/c1-7-11(12(2,3)14)9-5-4-8(13)6-10(9)15-7/h4-6,15H,14H2,1-3H3. The summed E-state index contributed by atoms with van der Waals surface area (Å²) in [6, 6.07) is 6.23. The molecule has 0 spiro atoms. The van der Waals surface area contributed by atoms with Crippen molar-refractivity contribution in [1.29, 1.82) is 0 Å². The van der Waals surface area contributed by atoms with E-state index in [9.17, 15) is 0 Å². The minimum Gasteiger partial charge on any atom is -0.358 e. The molecule has 0 saturated carbocycles. The lowest BCUT2D eigenvalue weighted by molar-refractivity contribution is 0.555. The van der Waals surface area contributed by atoms with E-state index in [2.05, 4.69) is 40.0 Å². The average molecular weight is 267 g/mol. The summed E-state index contributed by atoms with van der Waals surface area (Å²) in [5, 5.41) is 1.21. The van der Waals surface area contributed by atoms with Crippen molar-refractivity contribution in [2.75, 3.05) is 0 Å². The van der Waals surface area contributed by atoms with Crippen LogP contribution in [0, 0.1) is 6.92 Å². The Balaban J connectivity index is 2.80. The molecule has 0 fully saturated rings. The second kappa shape index (κ2) is 3.35. The van der Waals surface area contributed by atoms with Gasteiger partial charge in [0, 0.05) is 26.6 Å². The van der Waals surface area contributed by atoms with Crippen LogP contribution >= 0.6 is 15.9 Å². The van der Waals surface area contributed by atoms with Crippen molar-refractivity contribution in [2.24, 2.45) is 5.73 Å². The lowest BCUT2D eigenvalue weighted by atomic mass is 9.93. The van der Waals surface area contributed by atoms with Gasteiger partial charge in [0.2, 0.25) is 0 Å². The Hall–Kier alpha value is -0.800. The average Bonchev–Trinajstić information content (AvgIpc) is 2.38. The molecule has 0 bridgehead atoms. The summed E-state index contributed by atoms with van der Waals surface area (Å²) in [6.07, 6.45) is 0. The largest absolute Gasteiger partial charge is 0.358 e. The van der Waals surface area contributed by atoms with Gasteiger partial charge in [0.15, 0.2) is 0 Å². The predicted octanol–water partition coefficient (Wildman–Crippen LogP) is 3.43. The van der Waals surface area contributed by atoms with Gasteiger partial charge >= 0.3 is 0 Å². The highest BCUT2D eigenvalue weighted by atomic mass is 79.9. The molecular weight excluding hydrogens is 252 g/mol. The Labute approximate surface area is 98.0 Å². The Kier molecular flexibility index (Phi) is 2.40. The van der Waals surface area contributed by atoms with Crippen LogP contribution in [0.1, 0.15) is 25.1 Å². The summed E-state index contributed by atoms with van der Waals surface area (Å²) in [4.78, 5) is 3.36. The van der Waals surface area contributed by atoms with E-state index in [1.165, 1.54) is 10.9 Å². The summed E-state index contributed by atoms with van der Waals surface area (Å²) in [5.41, 5.74) is 9.35. The molecule has 1 heterocycles. The highest BCUT2D eigenvalue weighted by molar-refractivity contribution is 9.10. The van der Waals surface area contributed by atoms with Crippen LogP contribution in [0.4, 0.5) is 0 Å².